The number of aromatic nitrogens is 8. The molecule has 0 aliphatic carbocycles. The Bertz CT molecular complexity index is 1570. The van der Waals surface area contributed by atoms with E-state index in [1.54, 1.807) is 38.1 Å². The molecule has 0 aliphatic heterocycles. The summed E-state index contributed by atoms with van der Waals surface area (Å²) in [6, 6.07) is 12.1. The van der Waals surface area contributed by atoms with E-state index in [0.717, 1.165) is 12.1 Å². The number of nitrogens with zero attached hydrogens (tertiary/aromatic N) is 7. The smallest absolute Gasteiger partial charge is 0.278 e. The van der Waals surface area contributed by atoms with E-state index in [1.165, 1.54) is 16.9 Å². The minimum atomic E-state index is -1.03. The summed E-state index contributed by atoms with van der Waals surface area (Å²) in [5.41, 5.74) is 2.34. The minimum Gasteiger partial charge on any atom is -0.438 e. The number of hydrogen-bond acceptors (Lipinski definition) is 8. The Kier molecular flexibility index (Phi) is 5.86. The number of tetrazole rings is 1. The molecule has 13 heteroatoms. The summed E-state index contributed by atoms with van der Waals surface area (Å²) in [4.78, 5) is 17.1. The van der Waals surface area contributed by atoms with Gasteiger partial charge in [-0.3, -0.25) is 4.79 Å². The number of benzene rings is 2. The molecule has 180 valence electrons. The number of halogens is 2. The molecule has 0 saturated heterocycles. The number of aromatic amines is 1. The number of carbonyl (C=O) groups is 1. The van der Waals surface area contributed by atoms with Gasteiger partial charge in [0.2, 0.25) is 11.7 Å². The average molecular weight is 489 g/mol. The van der Waals surface area contributed by atoms with Gasteiger partial charge in [-0.25, -0.2) is 18.4 Å². The van der Waals surface area contributed by atoms with Crippen molar-refractivity contribution in [3.05, 3.63) is 83.3 Å². The third-order valence-electron chi connectivity index (χ3n) is 5.28. The van der Waals surface area contributed by atoms with E-state index in [4.69, 9.17) is 4.74 Å². The lowest BCUT2D eigenvalue weighted by Gasteiger charge is -2.11. The lowest BCUT2D eigenvalue weighted by atomic mass is 10.2. The first-order valence-corrected chi connectivity index (χ1v) is 10.6. The topological polar surface area (TPSA) is 136 Å². The van der Waals surface area contributed by atoms with Crippen molar-refractivity contribution in [1.29, 1.82) is 0 Å². The van der Waals surface area contributed by atoms with Gasteiger partial charge in [0.25, 0.3) is 5.91 Å². The Morgan fingerprint density at radius 2 is 1.89 bits per heavy atom. The fourth-order valence-corrected chi connectivity index (χ4v) is 3.43. The van der Waals surface area contributed by atoms with E-state index in [2.05, 4.69) is 41.2 Å². The number of ether oxygens (including phenoxy) is 1. The largest absolute Gasteiger partial charge is 0.438 e. The van der Waals surface area contributed by atoms with Crippen LogP contribution < -0.4 is 10.1 Å². The van der Waals surface area contributed by atoms with Crippen molar-refractivity contribution in [3.8, 4) is 28.7 Å². The summed E-state index contributed by atoms with van der Waals surface area (Å²) in [6.07, 6.45) is 1.45. The molecule has 36 heavy (non-hydrogen) atoms. The van der Waals surface area contributed by atoms with Crippen molar-refractivity contribution in [1.82, 2.24) is 40.6 Å². The predicted octanol–water partition coefficient (Wildman–Crippen LogP) is 3.78. The maximum atomic E-state index is 13.6. The molecule has 0 radical (unpaired) electrons. The lowest BCUT2D eigenvalue weighted by molar-refractivity contribution is 0.102. The normalized spacial score (nSPS) is 10.9. The Morgan fingerprint density at radius 3 is 2.64 bits per heavy atom. The molecule has 3 aromatic heterocycles. The van der Waals surface area contributed by atoms with Gasteiger partial charge in [0, 0.05) is 12.1 Å². The van der Waals surface area contributed by atoms with Gasteiger partial charge in [0.15, 0.2) is 17.3 Å². The molecule has 5 rings (SSSR count). The van der Waals surface area contributed by atoms with Crippen molar-refractivity contribution in [2.75, 3.05) is 5.32 Å². The molecule has 11 nitrogen and oxygen atoms in total. The van der Waals surface area contributed by atoms with E-state index >= 15 is 0 Å². The van der Waals surface area contributed by atoms with Crippen LogP contribution in [-0.2, 0) is 0 Å². The first-order chi connectivity index (χ1) is 17.4. The summed E-state index contributed by atoms with van der Waals surface area (Å²) in [5.74, 6) is -1.41. The molecule has 5 aromatic rings. The molecule has 0 spiro atoms. The van der Waals surface area contributed by atoms with Gasteiger partial charge in [0.05, 0.1) is 28.8 Å². The van der Waals surface area contributed by atoms with Crippen LogP contribution in [0.1, 0.15) is 21.7 Å². The predicted molar refractivity (Wildman–Crippen MR) is 123 cm³/mol. The van der Waals surface area contributed by atoms with Gasteiger partial charge in [-0.05, 0) is 48.9 Å². The molecule has 0 atom stereocenters. The van der Waals surface area contributed by atoms with Gasteiger partial charge in [-0.2, -0.15) is 5.21 Å². The molecular formula is C23H17F2N9O2. The summed E-state index contributed by atoms with van der Waals surface area (Å²) < 4.78 is 34.0. The summed E-state index contributed by atoms with van der Waals surface area (Å²) in [6.45, 7) is 3.37. The third kappa shape index (κ3) is 4.36. The van der Waals surface area contributed by atoms with Gasteiger partial charge in [0.1, 0.15) is 5.75 Å². The van der Waals surface area contributed by atoms with Gasteiger partial charge < -0.3 is 10.1 Å². The van der Waals surface area contributed by atoms with Crippen LogP contribution in [0.4, 0.5) is 14.5 Å². The molecule has 0 unspecified atom stereocenters. The van der Waals surface area contributed by atoms with Crippen molar-refractivity contribution < 1.29 is 18.3 Å². The van der Waals surface area contributed by atoms with E-state index < -0.39 is 17.5 Å². The molecule has 2 N–H and O–H groups in total. The first-order valence-electron chi connectivity index (χ1n) is 10.6. The number of amides is 1. The third-order valence-corrected chi connectivity index (χ3v) is 5.28. The van der Waals surface area contributed by atoms with Crippen LogP contribution in [-0.4, -0.2) is 46.5 Å². The zero-order valence-corrected chi connectivity index (χ0v) is 18.9. The van der Waals surface area contributed by atoms with Crippen molar-refractivity contribution in [3.63, 3.8) is 0 Å². The van der Waals surface area contributed by atoms with Gasteiger partial charge in [-0.1, -0.05) is 17.3 Å². The zero-order chi connectivity index (χ0) is 25.2. The van der Waals surface area contributed by atoms with E-state index in [-0.39, 0.29) is 11.4 Å². The molecule has 3 heterocycles. The number of nitrogens with one attached hydrogen (secondary N) is 2. The lowest BCUT2D eigenvalue weighted by Crippen LogP contribution is -2.15. The summed E-state index contributed by atoms with van der Waals surface area (Å²) in [7, 11) is 0. The first kappa shape index (κ1) is 22.7. The summed E-state index contributed by atoms with van der Waals surface area (Å²) in [5, 5.41) is 24.5. The Morgan fingerprint density at radius 1 is 1.06 bits per heavy atom. The van der Waals surface area contributed by atoms with Crippen LogP contribution in [0.2, 0.25) is 0 Å². The van der Waals surface area contributed by atoms with Crippen molar-refractivity contribution >= 4 is 11.6 Å². The molecular weight excluding hydrogens is 472 g/mol. The highest BCUT2D eigenvalue weighted by Crippen LogP contribution is 2.31. The Labute approximate surface area is 202 Å². The Balaban J connectivity index is 1.34. The number of pyridine rings is 1. The number of hydrogen-bond donors (Lipinski definition) is 2. The SMILES string of the molecule is Cc1cc(Oc2ccccc2-c2nn[nH]n2)ncc1NC(=O)c1nnn(-c2ccc(F)c(F)c2)c1C. The molecule has 0 bridgehead atoms. The number of H-pyrrole nitrogens is 1. The monoisotopic (exact) mass is 489 g/mol. The number of carbonyl (C=O) groups excluding carboxylic acids is 1. The van der Waals surface area contributed by atoms with Gasteiger partial charge in [-0.15, -0.1) is 15.3 Å². The fourth-order valence-electron chi connectivity index (χ4n) is 3.43. The standard InChI is InChI=1S/C23H17F2N9O2/c1-12-9-20(36-19-6-4-3-5-15(19)22-29-31-32-30-22)26-11-18(12)27-23(35)21-13(2)34(33-28-21)14-7-8-16(24)17(25)10-14/h3-11H,1-2H3,(H,27,35)(H,29,30,31,32). The number of rotatable bonds is 6. The zero-order valence-electron chi connectivity index (χ0n) is 18.9. The number of anilines is 1. The summed E-state index contributed by atoms with van der Waals surface area (Å²) >= 11 is 0. The highest BCUT2D eigenvalue weighted by molar-refractivity contribution is 6.03. The highest BCUT2D eigenvalue weighted by Gasteiger charge is 2.19. The molecule has 0 saturated carbocycles. The van der Waals surface area contributed by atoms with Crippen LogP contribution in [0.5, 0.6) is 11.6 Å². The molecule has 2 aromatic carbocycles. The second-order valence-electron chi connectivity index (χ2n) is 7.66. The van der Waals surface area contributed by atoms with Crippen LogP contribution in [0.3, 0.4) is 0 Å². The number of aryl methyl sites for hydroxylation is 1. The van der Waals surface area contributed by atoms with Crippen molar-refractivity contribution in [2.45, 2.75) is 13.8 Å². The highest BCUT2D eigenvalue weighted by atomic mass is 19.2. The molecule has 0 aliphatic rings. The van der Waals surface area contributed by atoms with Gasteiger partial charge >= 0.3 is 0 Å². The maximum absolute atomic E-state index is 13.6. The molecule has 0 fully saturated rings. The van der Waals surface area contributed by atoms with Crippen LogP contribution in [0.15, 0.2) is 54.7 Å². The second-order valence-corrected chi connectivity index (χ2v) is 7.66. The second kappa shape index (κ2) is 9.29. The maximum Gasteiger partial charge on any atom is 0.278 e. The average Bonchev–Trinajstić information content (AvgIpc) is 3.53. The van der Waals surface area contributed by atoms with Crippen molar-refractivity contribution in [2.24, 2.45) is 0 Å². The van der Waals surface area contributed by atoms with Crippen LogP contribution in [0, 0.1) is 25.5 Å². The van der Waals surface area contributed by atoms with E-state index in [0.29, 0.717) is 40.0 Å². The van der Waals surface area contributed by atoms with Crippen LogP contribution >= 0.6 is 0 Å². The Hall–Kier alpha value is -5.07. The quantitative estimate of drug-likeness (QED) is 0.368. The number of para-hydroxylation sites is 1. The molecule has 1 amide bonds. The van der Waals surface area contributed by atoms with E-state index in [1.807, 2.05) is 6.07 Å². The van der Waals surface area contributed by atoms with Crippen LogP contribution in [0.25, 0.3) is 17.1 Å². The fraction of sp³-hybridized carbons (Fsp3) is 0.0870. The van der Waals surface area contributed by atoms with E-state index in [9.17, 15) is 13.6 Å². The minimum absolute atomic E-state index is 0.0218.